The molecule has 0 unspecified atom stereocenters. The molecule has 20 heavy (non-hydrogen) atoms. The second kappa shape index (κ2) is 5.54. The van der Waals surface area contributed by atoms with Gasteiger partial charge in [-0.25, -0.2) is 20.2 Å². The second-order valence-corrected chi connectivity index (χ2v) is 5.04. The number of hydrogen-bond acceptors (Lipinski definition) is 4. The van der Waals surface area contributed by atoms with Crippen LogP contribution in [0.1, 0.15) is 30.5 Å². The average molecular weight is 272 g/mol. The quantitative estimate of drug-likeness (QED) is 0.501. The van der Waals surface area contributed by atoms with E-state index in [1.54, 1.807) is 6.07 Å². The third-order valence-electron chi connectivity index (χ3n) is 3.65. The number of nitrogens with zero attached hydrogens (tertiary/aromatic N) is 2. The van der Waals surface area contributed by atoms with Gasteiger partial charge in [0.1, 0.15) is 11.6 Å². The fourth-order valence-electron chi connectivity index (χ4n) is 2.65. The van der Waals surface area contributed by atoms with Crippen LogP contribution in [-0.2, 0) is 12.8 Å². The van der Waals surface area contributed by atoms with Gasteiger partial charge in [0.25, 0.3) is 0 Å². The van der Waals surface area contributed by atoms with Gasteiger partial charge in [-0.15, -0.1) is 0 Å². The molecule has 104 valence electrons. The Kier molecular flexibility index (Phi) is 3.60. The fraction of sp³-hybridized carbons (Fsp3) is 0.333. The molecule has 0 saturated carbocycles. The third kappa shape index (κ3) is 2.49. The lowest BCUT2D eigenvalue weighted by Crippen LogP contribution is -2.14. The number of rotatable bonds is 2. The van der Waals surface area contributed by atoms with Gasteiger partial charge in [0.15, 0.2) is 5.82 Å². The van der Waals surface area contributed by atoms with E-state index < -0.39 is 0 Å². The minimum atomic E-state index is -0.289. The van der Waals surface area contributed by atoms with Gasteiger partial charge >= 0.3 is 0 Å². The lowest BCUT2D eigenvalue weighted by molar-refractivity contribution is 0.628. The number of hydrogen-bond donors (Lipinski definition) is 2. The standard InChI is InChI=1S/C15H17FN4/c16-11-6-4-5-10(9-11)14-18-13-8-3-1-2-7-12(13)15(19-14)20-17/h4-6,9H,1-3,7-8,17H2,(H,18,19,20). The van der Waals surface area contributed by atoms with E-state index in [-0.39, 0.29) is 5.82 Å². The number of anilines is 1. The number of benzene rings is 1. The molecular formula is C15H17FN4. The van der Waals surface area contributed by atoms with Crippen molar-refractivity contribution in [3.8, 4) is 11.4 Å². The molecule has 0 amide bonds. The monoisotopic (exact) mass is 272 g/mol. The molecule has 0 saturated heterocycles. The van der Waals surface area contributed by atoms with Gasteiger partial charge < -0.3 is 5.43 Å². The Bertz CT molecular complexity index is 627. The van der Waals surface area contributed by atoms with Crippen LogP contribution < -0.4 is 11.3 Å². The highest BCUT2D eigenvalue weighted by molar-refractivity contribution is 5.60. The first-order valence-electron chi connectivity index (χ1n) is 6.90. The van der Waals surface area contributed by atoms with Gasteiger partial charge in [-0.3, -0.25) is 0 Å². The van der Waals surface area contributed by atoms with E-state index in [2.05, 4.69) is 15.4 Å². The highest BCUT2D eigenvalue weighted by atomic mass is 19.1. The van der Waals surface area contributed by atoms with Crippen molar-refractivity contribution >= 4 is 5.82 Å². The summed E-state index contributed by atoms with van der Waals surface area (Å²) in [6, 6.07) is 6.32. The molecule has 4 nitrogen and oxygen atoms in total. The molecule has 5 heteroatoms. The zero-order valence-corrected chi connectivity index (χ0v) is 11.2. The summed E-state index contributed by atoms with van der Waals surface area (Å²) in [5, 5.41) is 0. The Hall–Kier alpha value is -2.01. The lowest BCUT2D eigenvalue weighted by Gasteiger charge is -2.12. The molecule has 0 radical (unpaired) electrons. The molecule has 0 spiro atoms. The molecule has 0 atom stereocenters. The summed E-state index contributed by atoms with van der Waals surface area (Å²) < 4.78 is 13.3. The van der Waals surface area contributed by atoms with Gasteiger partial charge in [0.2, 0.25) is 0 Å². The van der Waals surface area contributed by atoms with Gasteiger partial charge in [0.05, 0.1) is 0 Å². The van der Waals surface area contributed by atoms with Crippen LogP contribution in [0.25, 0.3) is 11.4 Å². The minimum absolute atomic E-state index is 0.289. The number of nitrogens with two attached hydrogens (primary N) is 1. The number of hydrazine groups is 1. The maximum Gasteiger partial charge on any atom is 0.161 e. The first-order chi connectivity index (χ1) is 9.78. The normalized spacial score (nSPS) is 14.5. The maximum absolute atomic E-state index is 13.3. The van der Waals surface area contributed by atoms with Crippen LogP contribution in [0.3, 0.4) is 0 Å². The Balaban J connectivity index is 2.11. The Labute approximate surface area is 117 Å². The summed E-state index contributed by atoms with van der Waals surface area (Å²) in [5.41, 5.74) is 5.47. The highest BCUT2D eigenvalue weighted by Gasteiger charge is 2.17. The second-order valence-electron chi connectivity index (χ2n) is 5.04. The molecule has 1 aromatic carbocycles. The van der Waals surface area contributed by atoms with Crippen molar-refractivity contribution in [2.75, 3.05) is 5.43 Å². The maximum atomic E-state index is 13.3. The summed E-state index contributed by atoms with van der Waals surface area (Å²) in [6.07, 6.45) is 5.31. The number of aromatic nitrogens is 2. The average Bonchev–Trinajstić information content (AvgIpc) is 2.71. The molecule has 1 aliphatic rings. The number of aryl methyl sites for hydroxylation is 1. The minimum Gasteiger partial charge on any atom is -0.308 e. The van der Waals surface area contributed by atoms with Crippen molar-refractivity contribution in [3.05, 3.63) is 41.3 Å². The van der Waals surface area contributed by atoms with E-state index >= 15 is 0 Å². The topological polar surface area (TPSA) is 63.8 Å². The molecule has 3 rings (SSSR count). The van der Waals surface area contributed by atoms with Crippen molar-refractivity contribution in [1.29, 1.82) is 0 Å². The molecule has 0 fully saturated rings. The van der Waals surface area contributed by atoms with Crippen LogP contribution in [0.15, 0.2) is 24.3 Å². The van der Waals surface area contributed by atoms with Gasteiger partial charge in [-0.1, -0.05) is 18.6 Å². The largest absolute Gasteiger partial charge is 0.308 e. The zero-order valence-electron chi connectivity index (χ0n) is 11.2. The van der Waals surface area contributed by atoms with E-state index in [0.29, 0.717) is 17.2 Å². The van der Waals surface area contributed by atoms with Crippen LogP contribution in [0.2, 0.25) is 0 Å². The zero-order chi connectivity index (χ0) is 13.9. The Morgan fingerprint density at radius 2 is 1.95 bits per heavy atom. The Morgan fingerprint density at radius 3 is 2.75 bits per heavy atom. The van der Waals surface area contributed by atoms with Crippen molar-refractivity contribution in [2.24, 2.45) is 5.84 Å². The van der Waals surface area contributed by atoms with Crippen LogP contribution in [0, 0.1) is 5.82 Å². The van der Waals surface area contributed by atoms with Crippen molar-refractivity contribution < 1.29 is 4.39 Å². The third-order valence-corrected chi connectivity index (χ3v) is 3.65. The lowest BCUT2D eigenvalue weighted by atomic mass is 10.1. The van der Waals surface area contributed by atoms with E-state index in [1.165, 1.54) is 18.6 Å². The fourth-order valence-corrected chi connectivity index (χ4v) is 2.65. The number of nitrogens with one attached hydrogen (secondary N) is 1. The van der Waals surface area contributed by atoms with Gasteiger partial charge in [0, 0.05) is 16.8 Å². The molecule has 1 aliphatic carbocycles. The van der Waals surface area contributed by atoms with Gasteiger partial charge in [-0.05, 0) is 37.8 Å². The summed E-state index contributed by atoms with van der Waals surface area (Å²) >= 11 is 0. The van der Waals surface area contributed by atoms with E-state index in [9.17, 15) is 4.39 Å². The molecule has 0 bridgehead atoms. The predicted molar refractivity (Wildman–Crippen MR) is 76.5 cm³/mol. The molecule has 1 heterocycles. The number of fused-ring (bicyclic) bond motifs is 1. The smallest absolute Gasteiger partial charge is 0.161 e. The Morgan fingerprint density at radius 1 is 1.10 bits per heavy atom. The number of nitrogen functional groups attached to an aromatic ring is 1. The van der Waals surface area contributed by atoms with Crippen LogP contribution >= 0.6 is 0 Å². The highest BCUT2D eigenvalue weighted by Crippen LogP contribution is 2.27. The van der Waals surface area contributed by atoms with Crippen molar-refractivity contribution in [1.82, 2.24) is 9.97 Å². The van der Waals surface area contributed by atoms with Crippen LogP contribution in [0.4, 0.5) is 10.2 Å². The first-order valence-corrected chi connectivity index (χ1v) is 6.90. The molecule has 3 N–H and O–H groups in total. The molecular weight excluding hydrogens is 255 g/mol. The van der Waals surface area contributed by atoms with Crippen molar-refractivity contribution in [2.45, 2.75) is 32.1 Å². The van der Waals surface area contributed by atoms with E-state index in [0.717, 1.165) is 36.9 Å². The molecule has 2 aromatic rings. The van der Waals surface area contributed by atoms with E-state index in [1.807, 2.05) is 6.07 Å². The SMILES string of the molecule is NNc1nc(-c2cccc(F)c2)nc2c1CCCCC2. The summed E-state index contributed by atoms with van der Waals surface area (Å²) in [5.74, 6) is 6.49. The summed E-state index contributed by atoms with van der Waals surface area (Å²) in [6.45, 7) is 0. The summed E-state index contributed by atoms with van der Waals surface area (Å²) in [7, 11) is 0. The summed E-state index contributed by atoms with van der Waals surface area (Å²) in [4.78, 5) is 9.06. The molecule has 0 aliphatic heterocycles. The van der Waals surface area contributed by atoms with Gasteiger partial charge in [-0.2, -0.15) is 0 Å². The first kappa shape index (κ1) is 13.0. The van der Waals surface area contributed by atoms with Crippen LogP contribution in [0.5, 0.6) is 0 Å². The predicted octanol–water partition coefficient (Wildman–Crippen LogP) is 2.84. The van der Waals surface area contributed by atoms with Crippen molar-refractivity contribution in [3.63, 3.8) is 0 Å². The van der Waals surface area contributed by atoms with E-state index in [4.69, 9.17) is 5.84 Å². The van der Waals surface area contributed by atoms with Crippen LogP contribution in [-0.4, -0.2) is 9.97 Å². The number of halogens is 1. The molecule has 1 aromatic heterocycles.